The van der Waals surface area contributed by atoms with Crippen LogP contribution in [0.25, 0.3) is 0 Å². The first-order chi connectivity index (χ1) is 9.09. The second-order valence-corrected chi connectivity index (χ2v) is 6.25. The summed E-state index contributed by atoms with van der Waals surface area (Å²) in [6, 6.07) is 5.45. The van der Waals surface area contributed by atoms with Gasteiger partial charge in [-0.2, -0.15) is 17.5 Å². The molecule has 0 aromatic heterocycles. The van der Waals surface area contributed by atoms with Crippen LogP contribution in [0.4, 0.5) is 13.2 Å². The van der Waals surface area contributed by atoms with Crippen molar-refractivity contribution in [1.29, 1.82) is 0 Å². The average Bonchev–Trinajstić information content (AvgIpc) is 2.34. The third-order valence-electron chi connectivity index (χ3n) is 2.48. The Morgan fingerprint density at radius 1 is 1.35 bits per heavy atom. The van der Waals surface area contributed by atoms with E-state index in [2.05, 4.69) is 0 Å². The number of nitrogens with two attached hydrogens (primary N) is 1. The maximum Gasteiger partial charge on any atom is 0.402 e. The minimum atomic E-state index is -4.62. The summed E-state index contributed by atoms with van der Waals surface area (Å²) in [6.07, 6.45) is -4.62. The second-order valence-electron chi connectivity index (χ2n) is 3.91. The number of hydrogen-bond donors (Lipinski definition) is 1. The monoisotopic (exact) mass is 326 g/mol. The molecule has 0 amide bonds. The summed E-state index contributed by atoms with van der Waals surface area (Å²) in [5.74, 6) is 0. The molecule has 0 radical (unpaired) electrons. The van der Waals surface area contributed by atoms with Gasteiger partial charge in [-0.25, -0.2) is 8.42 Å². The Morgan fingerprint density at radius 3 is 2.35 bits per heavy atom. The molecule has 112 valence electrons. The molecule has 0 fully saturated rings. The molecule has 4 nitrogen and oxygen atoms in total. The van der Waals surface area contributed by atoms with Crippen LogP contribution in [0.15, 0.2) is 29.2 Å². The van der Waals surface area contributed by atoms with Gasteiger partial charge >= 0.3 is 6.18 Å². The molecule has 0 unspecified atom stereocenters. The van der Waals surface area contributed by atoms with E-state index in [0.29, 0.717) is 4.31 Å². The van der Waals surface area contributed by atoms with Gasteiger partial charge in [-0.05, 0) is 6.07 Å². The van der Waals surface area contributed by atoms with E-state index in [9.17, 15) is 21.6 Å². The highest BCUT2D eigenvalue weighted by molar-refractivity contribution is 7.89. The normalized spacial score (nSPS) is 12.7. The molecule has 1 aromatic carbocycles. The van der Waals surface area contributed by atoms with Crippen LogP contribution in [0.2, 0.25) is 0 Å². The van der Waals surface area contributed by atoms with Crippen LogP contribution in [0.5, 0.6) is 0 Å². The first-order valence-electron chi connectivity index (χ1n) is 5.55. The predicted molar refractivity (Wildman–Crippen MR) is 72.8 cm³/mol. The molecule has 1 rings (SSSR count). The fourth-order valence-electron chi connectivity index (χ4n) is 1.60. The number of sulfonamides is 1. The van der Waals surface area contributed by atoms with E-state index in [1.807, 2.05) is 0 Å². The van der Waals surface area contributed by atoms with E-state index >= 15 is 0 Å². The van der Waals surface area contributed by atoms with E-state index in [-0.39, 0.29) is 22.0 Å². The lowest BCUT2D eigenvalue weighted by Gasteiger charge is -2.23. The molecule has 0 spiro atoms. The molecular weight excluding hydrogens is 313 g/mol. The Labute approximate surface area is 120 Å². The summed E-state index contributed by atoms with van der Waals surface area (Å²) < 4.78 is 62.2. The van der Waals surface area contributed by atoms with Crippen LogP contribution in [0.3, 0.4) is 0 Å². The summed E-state index contributed by atoms with van der Waals surface area (Å²) in [4.78, 5) is -0.508. The first kappa shape index (κ1) is 16.9. The topological polar surface area (TPSA) is 63.4 Å². The standard InChI is InChI=1S/C11H13F3N2O2S2/c1-2-16(7-11(12,13)14)20(17,18)9-6-4-3-5-8(9)10(15)19/h3-6H,2,7H2,1H3,(H2,15,19). The van der Waals surface area contributed by atoms with E-state index < -0.39 is 22.7 Å². The summed E-state index contributed by atoms with van der Waals surface area (Å²) in [5.41, 5.74) is 5.44. The van der Waals surface area contributed by atoms with E-state index in [1.54, 1.807) is 0 Å². The van der Waals surface area contributed by atoms with Crippen LogP contribution in [0, 0.1) is 0 Å². The zero-order chi connectivity index (χ0) is 15.6. The van der Waals surface area contributed by atoms with Gasteiger partial charge in [0.2, 0.25) is 10.0 Å². The van der Waals surface area contributed by atoms with Gasteiger partial charge in [0.05, 0.1) is 4.90 Å². The maximum atomic E-state index is 12.4. The third-order valence-corrected chi connectivity index (χ3v) is 4.68. The molecule has 2 N–H and O–H groups in total. The van der Waals surface area contributed by atoms with Crippen LogP contribution >= 0.6 is 12.2 Å². The molecule has 0 heterocycles. The fourth-order valence-corrected chi connectivity index (χ4v) is 3.48. The number of nitrogens with zero attached hydrogens (tertiary/aromatic N) is 1. The highest BCUT2D eigenvalue weighted by atomic mass is 32.2. The minimum Gasteiger partial charge on any atom is -0.389 e. The van der Waals surface area contributed by atoms with Crippen molar-refractivity contribution in [3.05, 3.63) is 29.8 Å². The first-order valence-corrected chi connectivity index (χ1v) is 7.40. The Bertz CT molecular complexity index is 600. The molecule has 0 aliphatic heterocycles. The van der Waals surface area contributed by atoms with Crippen molar-refractivity contribution in [2.75, 3.05) is 13.1 Å². The number of rotatable bonds is 5. The third kappa shape index (κ3) is 3.90. The summed E-state index contributed by atoms with van der Waals surface area (Å²) in [6.45, 7) is -0.544. The fraction of sp³-hybridized carbons (Fsp3) is 0.364. The zero-order valence-electron chi connectivity index (χ0n) is 10.5. The van der Waals surface area contributed by atoms with Crippen molar-refractivity contribution in [3.8, 4) is 0 Å². The van der Waals surface area contributed by atoms with Crippen molar-refractivity contribution in [2.45, 2.75) is 18.0 Å². The molecule has 1 aromatic rings. The highest BCUT2D eigenvalue weighted by Gasteiger charge is 2.37. The molecule has 20 heavy (non-hydrogen) atoms. The summed E-state index contributed by atoms with van der Waals surface area (Å²) in [7, 11) is -4.31. The lowest BCUT2D eigenvalue weighted by molar-refractivity contribution is -0.135. The van der Waals surface area contributed by atoms with Gasteiger partial charge < -0.3 is 5.73 Å². The van der Waals surface area contributed by atoms with Crippen molar-refractivity contribution < 1.29 is 21.6 Å². The van der Waals surface area contributed by atoms with Gasteiger partial charge in [-0.15, -0.1) is 0 Å². The van der Waals surface area contributed by atoms with Gasteiger partial charge in [-0.3, -0.25) is 0 Å². The second kappa shape index (κ2) is 6.06. The van der Waals surface area contributed by atoms with Gasteiger partial charge in [-0.1, -0.05) is 37.3 Å². The molecular formula is C11H13F3N2O2S2. The number of halogens is 3. The van der Waals surface area contributed by atoms with Crippen LogP contribution in [0.1, 0.15) is 12.5 Å². The Morgan fingerprint density at radius 2 is 1.90 bits per heavy atom. The van der Waals surface area contributed by atoms with Crippen LogP contribution < -0.4 is 5.73 Å². The van der Waals surface area contributed by atoms with E-state index in [1.165, 1.54) is 31.2 Å². The summed E-state index contributed by atoms with van der Waals surface area (Å²) >= 11 is 4.72. The van der Waals surface area contributed by atoms with Gasteiger partial charge in [0, 0.05) is 12.1 Å². The SMILES string of the molecule is CCN(CC(F)(F)F)S(=O)(=O)c1ccccc1C(N)=S. The Hall–Kier alpha value is -1.19. The van der Waals surface area contributed by atoms with Gasteiger partial charge in [0.15, 0.2) is 0 Å². The lowest BCUT2D eigenvalue weighted by atomic mass is 10.2. The smallest absolute Gasteiger partial charge is 0.389 e. The van der Waals surface area contributed by atoms with E-state index in [0.717, 1.165) is 0 Å². The van der Waals surface area contributed by atoms with Gasteiger partial charge in [0.25, 0.3) is 0 Å². The molecule has 0 saturated heterocycles. The highest BCUT2D eigenvalue weighted by Crippen LogP contribution is 2.24. The predicted octanol–water partition coefficient (Wildman–Crippen LogP) is 1.89. The molecule has 0 aliphatic rings. The van der Waals surface area contributed by atoms with Crippen molar-refractivity contribution in [2.24, 2.45) is 5.73 Å². The van der Waals surface area contributed by atoms with Crippen molar-refractivity contribution in [1.82, 2.24) is 4.31 Å². The van der Waals surface area contributed by atoms with E-state index in [4.69, 9.17) is 18.0 Å². The Balaban J connectivity index is 3.32. The average molecular weight is 326 g/mol. The minimum absolute atomic E-state index is 0.0307. The molecule has 0 bridgehead atoms. The number of alkyl halides is 3. The number of benzene rings is 1. The number of hydrogen-bond acceptors (Lipinski definition) is 3. The largest absolute Gasteiger partial charge is 0.402 e. The zero-order valence-corrected chi connectivity index (χ0v) is 12.1. The molecule has 0 aliphatic carbocycles. The van der Waals surface area contributed by atoms with Gasteiger partial charge in [0.1, 0.15) is 11.5 Å². The molecule has 0 saturated carbocycles. The van der Waals surface area contributed by atoms with Crippen molar-refractivity contribution in [3.63, 3.8) is 0 Å². The quantitative estimate of drug-likeness (QED) is 0.840. The van der Waals surface area contributed by atoms with Crippen LogP contribution in [-0.2, 0) is 10.0 Å². The lowest BCUT2D eigenvalue weighted by Crippen LogP contribution is -2.39. The van der Waals surface area contributed by atoms with Crippen molar-refractivity contribution >= 4 is 27.2 Å². The van der Waals surface area contributed by atoms with Crippen LogP contribution in [-0.4, -0.2) is 37.0 Å². The molecule has 0 atom stereocenters. The number of thiocarbonyl (C=S) groups is 1. The maximum absolute atomic E-state index is 12.4. The Kier molecular flexibility index (Phi) is 5.11. The summed E-state index contributed by atoms with van der Waals surface area (Å²) in [5, 5.41) is 0. The molecule has 9 heteroatoms.